The molecule has 0 aliphatic carbocycles. The first-order valence-electron chi connectivity index (χ1n) is 12.6. The molecule has 0 unspecified atom stereocenters. The first kappa shape index (κ1) is 30.1. The number of benzene rings is 3. The third-order valence-electron chi connectivity index (χ3n) is 6.01. The second-order valence-corrected chi connectivity index (χ2v) is 11.5. The lowest BCUT2D eigenvalue weighted by Gasteiger charge is -2.30. The number of alkyl carbamates (subject to hydrolysis) is 1. The number of aliphatic hydroxyl groups excluding tert-OH is 1. The highest BCUT2D eigenvalue weighted by Crippen LogP contribution is 2.22. The first-order chi connectivity index (χ1) is 18.6. The number of methoxy groups -OCH3 is 1. The van der Waals surface area contributed by atoms with Crippen molar-refractivity contribution in [2.45, 2.75) is 43.9 Å². The van der Waals surface area contributed by atoms with Crippen LogP contribution in [0.25, 0.3) is 0 Å². The molecule has 2 N–H and O–H groups in total. The van der Waals surface area contributed by atoms with Crippen molar-refractivity contribution in [2.75, 3.05) is 20.2 Å². The van der Waals surface area contributed by atoms with Crippen molar-refractivity contribution < 1.29 is 32.2 Å². The molecular weight excluding hydrogens is 523 g/mol. The second-order valence-electron chi connectivity index (χ2n) is 9.60. The van der Waals surface area contributed by atoms with Crippen molar-refractivity contribution in [3.8, 4) is 5.75 Å². The van der Waals surface area contributed by atoms with Gasteiger partial charge in [-0.1, -0.05) is 56.3 Å². The normalized spacial score (nSPS) is 13.2. The standard InChI is InChI=1S/C29H35FN2O6S/c1-21(2)18-32(39(35,36)26-15-13-25(37-3)14-16-26)19-28(33)27(17-22-7-5-4-6-8-22)31-29(34)38-20-23-9-11-24(30)12-10-23/h4-16,21,27-28,33H,17-20H2,1-3H3,(H,31,34)/t27-,28+/m0/s1. The number of carbonyl (C=O) groups is 1. The van der Waals surface area contributed by atoms with E-state index in [4.69, 9.17) is 9.47 Å². The summed E-state index contributed by atoms with van der Waals surface area (Å²) in [4.78, 5) is 12.7. The minimum absolute atomic E-state index is 0.0218. The van der Waals surface area contributed by atoms with Gasteiger partial charge in [0.15, 0.2) is 0 Å². The average Bonchev–Trinajstić information content (AvgIpc) is 2.92. The Kier molecular flexibility index (Phi) is 10.8. The predicted molar refractivity (Wildman–Crippen MR) is 146 cm³/mol. The Morgan fingerprint density at radius 1 is 0.949 bits per heavy atom. The molecular formula is C29H35FN2O6S. The SMILES string of the molecule is COc1ccc(S(=O)(=O)N(CC(C)C)C[C@@H](O)[C@H](Cc2ccccc2)NC(=O)OCc2ccc(F)cc2)cc1. The molecule has 0 saturated carbocycles. The van der Waals surface area contributed by atoms with Crippen LogP contribution in [0.4, 0.5) is 9.18 Å². The molecule has 0 aromatic heterocycles. The number of ether oxygens (including phenoxy) is 2. The lowest BCUT2D eigenvalue weighted by atomic mass is 10.0. The van der Waals surface area contributed by atoms with E-state index in [0.717, 1.165) is 5.56 Å². The predicted octanol–water partition coefficient (Wildman–Crippen LogP) is 4.38. The molecule has 0 aliphatic rings. The molecule has 2 atom stereocenters. The zero-order valence-corrected chi connectivity index (χ0v) is 23.1. The molecule has 3 aromatic carbocycles. The number of hydrogen-bond donors (Lipinski definition) is 2. The summed E-state index contributed by atoms with van der Waals surface area (Å²) in [6.45, 7) is 3.59. The maximum atomic E-state index is 13.5. The smallest absolute Gasteiger partial charge is 0.407 e. The van der Waals surface area contributed by atoms with E-state index in [1.165, 1.54) is 47.8 Å². The summed E-state index contributed by atoms with van der Waals surface area (Å²) in [5.41, 5.74) is 1.44. The first-order valence-corrected chi connectivity index (χ1v) is 14.1. The van der Waals surface area contributed by atoms with Gasteiger partial charge < -0.3 is 19.9 Å². The highest BCUT2D eigenvalue weighted by Gasteiger charge is 2.31. The maximum Gasteiger partial charge on any atom is 0.407 e. The summed E-state index contributed by atoms with van der Waals surface area (Å²) < 4.78 is 51.9. The summed E-state index contributed by atoms with van der Waals surface area (Å²) >= 11 is 0. The lowest BCUT2D eigenvalue weighted by Crippen LogP contribution is -2.51. The van der Waals surface area contributed by atoms with Gasteiger partial charge in [-0.25, -0.2) is 17.6 Å². The average molecular weight is 559 g/mol. The maximum absolute atomic E-state index is 13.5. The van der Waals surface area contributed by atoms with E-state index in [9.17, 15) is 22.7 Å². The van der Waals surface area contributed by atoms with Gasteiger partial charge in [0.05, 0.1) is 24.2 Å². The fourth-order valence-electron chi connectivity index (χ4n) is 3.98. The van der Waals surface area contributed by atoms with Crippen LogP contribution in [0.15, 0.2) is 83.8 Å². The van der Waals surface area contributed by atoms with Gasteiger partial charge in [0.1, 0.15) is 18.2 Å². The minimum atomic E-state index is -3.96. The van der Waals surface area contributed by atoms with Crippen LogP contribution >= 0.6 is 0 Å². The lowest BCUT2D eigenvalue weighted by molar-refractivity contribution is 0.0873. The summed E-state index contributed by atoms with van der Waals surface area (Å²) in [6, 6.07) is 20.0. The summed E-state index contributed by atoms with van der Waals surface area (Å²) in [5, 5.41) is 14.0. The third kappa shape index (κ3) is 9.05. The number of nitrogens with zero attached hydrogens (tertiary/aromatic N) is 1. The quantitative estimate of drug-likeness (QED) is 0.323. The third-order valence-corrected chi connectivity index (χ3v) is 7.85. The molecule has 10 heteroatoms. The molecule has 0 heterocycles. The highest BCUT2D eigenvalue weighted by molar-refractivity contribution is 7.89. The fraction of sp³-hybridized carbons (Fsp3) is 0.345. The van der Waals surface area contributed by atoms with Crippen LogP contribution in [0.2, 0.25) is 0 Å². The second kappa shape index (κ2) is 14.1. The molecule has 3 rings (SSSR count). The van der Waals surface area contributed by atoms with Crippen LogP contribution in [0.5, 0.6) is 5.75 Å². The topological polar surface area (TPSA) is 105 Å². The van der Waals surface area contributed by atoms with Crippen LogP contribution < -0.4 is 10.1 Å². The molecule has 210 valence electrons. The van der Waals surface area contributed by atoms with Crippen molar-refractivity contribution >= 4 is 16.1 Å². The highest BCUT2D eigenvalue weighted by atomic mass is 32.2. The van der Waals surface area contributed by atoms with E-state index in [0.29, 0.717) is 11.3 Å². The fourth-order valence-corrected chi connectivity index (χ4v) is 5.61. The van der Waals surface area contributed by atoms with Crippen molar-refractivity contribution in [3.63, 3.8) is 0 Å². The number of aliphatic hydroxyl groups is 1. The molecule has 0 aliphatic heterocycles. The van der Waals surface area contributed by atoms with Gasteiger partial charge in [-0.3, -0.25) is 0 Å². The largest absolute Gasteiger partial charge is 0.497 e. The zero-order chi connectivity index (χ0) is 28.4. The van der Waals surface area contributed by atoms with Gasteiger partial charge in [-0.2, -0.15) is 4.31 Å². The number of amides is 1. The summed E-state index contributed by atoms with van der Waals surface area (Å²) in [7, 11) is -2.46. The molecule has 0 radical (unpaired) electrons. The Balaban J connectivity index is 1.78. The molecule has 0 bridgehead atoms. The van der Waals surface area contributed by atoms with Crippen LogP contribution in [-0.2, 0) is 27.8 Å². The van der Waals surface area contributed by atoms with Crippen LogP contribution in [0.3, 0.4) is 0 Å². The number of carbonyl (C=O) groups excluding carboxylic acids is 1. The number of hydrogen-bond acceptors (Lipinski definition) is 6. The van der Waals surface area contributed by atoms with E-state index < -0.39 is 34.1 Å². The molecule has 39 heavy (non-hydrogen) atoms. The van der Waals surface area contributed by atoms with Gasteiger partial charge in [0.25, 0.3) is 0 Å². The van der Waals surface area contributed by atoms with E-state index >= 15 is 0 Å². The monoisotopic (exact) mass is 558 g/mol. The Labute approximate surface area is 229 Å². The summed E-state index contributed by atoms with van der Waals surface area (Å²) in [5.74, 6) is 0.104. The number of halogens is 1. The Bertz CT molecular complexity index is 1290. The molecule has 0 spiro atoms. The Morgan fingerprint density at radius 2 is 1.59 bits per heavy atom. The number of nitrogens with one attached hydrogen (secondary N) is 1. The van der Waals surface area contributed by atoms with Crippen molar-refractivity contribution in [1.82, 2.24) is 9.62 Å². The van der Waals surface area contributed by atoms with Crippen molar-refractivity contribution in [3.05, 3.63) is 95.8 Å². The molecule has 3 aromatic rings. The van der Waals surface area contributed by atoms with Gasteiger partial charge in [-0.05, 0) is 59.9 Å². The number of rotatable bonds is 13. The van der Waals surface area contributed by atoms with Crippen molar-refractivity contribution in [2.24, 2.45) is 5.92 Å². The van der Waals surface area contributed by atoms with Gasteiger partial charge >= 0.3 is 6.09 Å². The molecule has 0 saturated heterocycles. The van der Waals surface area contributed by atoms with Gasteiger partial charge in [0.2, 0.25) is 10.0 Å². The molecule has 8 nitrogen and oxygen atoms in total. The van der Waals surface area contributed by atoms with Crippen LogP contribution in [0, 0.1) is 11.7 Å². The Morgan fingerprint density at radius 3 is 2.18 bits per heavy atom. The molecule has 1 amide bonds. The van der Waals surface area contributed by atoms with E-state index in [2.05, 4.69) is 5.32 Å². The van der Waals surface area contributed by atoms with Gasteiger partial charge in [-0.15, -0.1) is 0 Å². The Hall–Kier alpha value is -3.47. The van der Waals surface area contributed by atoms with E-state index in [-0.39, 0.29) is 36.9 Å². The zero-order valence-electron chi connectivity index (χ0n) is 22.3. The van der Waals surface area contributed by atoms with Crippen LogP contribution in [-0.4, -0.2) is 56.3 Å². The minimum Gasteiger partial charge on any atom is -0.497 e. The number of sulfonamides is 1. The molecule has 0 fully saturated rings. The van der Waals surface area contributed by atoms with Gasteiger partial charge in [0, 0.05) is 13.1 Å². The summed E-state index contributed by atoms with van der Waals surface area (Å²) in [6.07, 6.45) is -1.80. The van der Waals surface area contributed by atoms with E-state index in [1.54, 1.807) is 12.1 Å². The van der Waals surface area contributed by atoms with Crippen molar-refractivity contribution in [1.29, 1.82) is 0 Å². The van der Waals surface area contributed by atoms with E-state index in [1.807, 2.05) is 44.2 Å². The van der Waals surface area contributed by atoms with Crippen LogP contribution in [0.1, 0.15) is 25.0 Å².